The van der Waals surface area contributed by atoms with Gasteiger partial charge in [0.25, 0.3) is 0 Å². The number of carboxylic acids is 2. The van der Waals surface area contributed by atoms with Crippen molar-refractivity contribution in [1.82, 2.24) is 5.32 Å². The first kappa shape index (κ1) is 20.1. The van der Waals surface area contributed by atoms with Crippen LogP contribution in [-0.2, 0) is 9.59 Å². The molecular weight excluding hydrogens is 250 g/mol. The Hall–Kier alpha value is -1.18. The van der Waals surface area contributed by atoms with Gasteiger partial charge in [0, 0.05) is 39.0 Å². The number of carbonyl (C=O) groups is 2. The largest absolute Gasteiger partial charge is 0.481 e. The van der Waals surface area contributed by atoms with Gasteiger partial charge in [-0.1, -0.05) is 12.8 Å². The second-order valence-electron chi connectivity index (χ2n) is 4.03. The number of aliphatic carboxylic acids is 2. The van der Waals surface area contributed by atoms with E-state index in [-0.39, 0.29) is 12.8 Å². The van der Waals surface area contributed by atoms with Crippen molar-refractivity contribution in [3.8, 4) is 0 Å². The van der Waals surface area contributed by atoms with Crippen LogP contribution in [0.2, 0.25) is 0 Å². The summed E-state index contributed by atoms with van der Waals surface area (Å²) in [6, 6.07) is 0. The Morgan fingerprint density at radius 3 is 1.42 bits per heavy atom. The SMILES string of the molecule is NCCNCCN.O=C(O)CCCCCCC(=O)O. The Bertz CT molecular complexity index is 203. The predicted octanol–water partition coefficient (Wildman–Crippen LogP) is -0.0104. The Morgan fingerprint density at radius 1 is 0.789 bits per heavy atom. The van der Waals surface area contributed by atoms with Crippen LogP contribution in [-0.4, -0.2) is 48.3 Å². The number of nitrogens with one attached hydrogen (secondary N) is 1. The summed E-state index contributed by atoms with van der Waals surface area (Å²) in [5, 5.41) is 19.6. The Kier molecular flexibility index (Phi) is 17.8. The molecule has 0 aliphatic rings. The van der Waals surface area contributed by atoms with Crippen molar-refractivity contribution in [1.29, 1.82) is 0 Å². The van der Waals surface area contributed by atoms with E-state index in [0.717, 1.165) is 25.9 Å². The van der Waals surface area contributed by atoms with E-state index in [1.54, 1.807) is 0 Å². The average molecular weight is 277 g/mol. The van der Waals surface area contributed by atoms with E-state index in [2.05, 4.69) is 5.32 Å². The summed E-state index contributed by atoms with van der Waals surface area (Å²) >= 11 is 0. The quantitative estimate of drug-likeness (QED) is 0.335. The third-order valence-corrected chi connectivity index (χ3v) is 2.17. The van der Waals surface area contributed by atoms with Crippen molar-refractivity contribution in [2.75, 3.05) is 26.2 Å². The van der Waals surface area contributed by atoms with E-state index in [9.17, 15) is 9.59 Å². The van der Waals surface area contributed by atoms with Crippen LogP contribution in [0.3, 0.4) is 0 Å². The van der Waals surface area contributed by atoms with Crippen LogP contribution < -0.4 is 16.8 Å². The molecule has 0 saturated heterocycles. The van der Waals surface area contributed by atoms with E-state index >= 15 is 0 Å². The molecule has 0 aliphatic carbocycles. The molecule has 0 saturated carbocycles. The first-order chi connectivity index (χ1) is 9.04. The van der Waals surface area contributed by atoms with Crippen molar-refractivity contribution in [2.24, 2.45) is 11.5 Å². The molecule has 0 spiro atoms. The highest BCUT2D eigenvalue weighted by atomic mass is 16.4. The zero-order valence-electron chi connectivity index (χ0n) is 11.4. The van der Waals surface area contributed by atoms with Gasteiger partial charge in [-0.3, -0.25) is 9.59 Å². The molecule has 0 aromatic heterocycles. The molecule has 0 heterocycles. The second kappa shape index (κ2) is 16.8. The Morgan fingerprint density at radius 2 is 1.16 bits per heavy atom. The van der Waals surface area contributed by atoms with Crippen LogP contribution >= 0.6 is 0 Å². The van der Waals surface area contributed by atoms with Gasteiger partial charge >= 0.3 is 11.9 Å². The minimum Gasteiger partial charge on any atom is -0.481 e. The smallest absolute Gasteiger partial charge is 0.303 e. The first-order valence-electron chi connectivity index (χ1n) is 6.59. The minimum atomic E-state index is -0.784. The van der Waals surface area contributed by atoms with Gasteiger partial charge in [-0.2, -0.15) is 0 Å². The zero-order valence-corrected chi connectivity index (χ0v) is 11.4. The first-order valence-corrected chi connectivity index (χ1v) is 6.59. The molecule has 7 nitrogen and oxygen atoms in total. The molecule has 7 heteroatoms. The maximum Gasteiger partial charge on any atom is 0.303 e. The van der Waals surface area contributed by atoms with Crippen LogP contribution in [0.1, 0.15) is 38.5 Å². The van der Waals surface area contributed by atoms with E-state index in [4.69, 9.17) is 21.7 Å². The summed E-state index contributed by atoms with van der Waals surface area (Å²) in [6.45, 7) is 3.13. The Balaban J connectivity index is 0. The minimum absolute atomic E-state index is 0.188. The molecule has 7 N–H and O–H groups in total. The molecule has 114 valence electrons. The van der Waals surface area contributed by atoms with Gasteiger partial charge in [0.05, 0.1) is 0 Å². The number of nitrogens with two attached hydrogens (primary N) is 2. The molecule has 0 rings (SSSR count). The molecular formula is C12H27N3O4. The Labute approximate surface area is 114 Å². The van der Waals surface area contributed by atoms with Crippen molar-refractivity contribution >= 4 is 11.9 Å². The number of carboxylic acid groups (broad SMARTS) is 2. The number of rotatable bonds is 11. The summed E-state index contributed by atoms with van der Waals surface area (Å²) in [4.78, 5) is 20.1. The number of hydrogen-bond donors (Lipinski definition) is 5. The molecule has 0 aliphatic heterocycles. The lowest BCUT2D eigenvalue weighted by molar-refractivity contribution is -0.138. The second-order valence-corrected chi connectivity index (χ2v) is 4.03. The third kappa shape index (κ3) is 26.4. The van der Waals surface area contributed by atoms with Gasteiger partial charge in [-0.15, -0.1) is 0 Å². The zero-order chi connectivity index (χ0) is 14.9. The van der Waals surface area contributed by atoms with Gasteiger partial charge in [0.15, 0.2) is 0 Å². The molecule has 0 unspecified atom stereocenters. The summed E-state index contributed by atoms with van der Waals surface area (Å²) in [5.41, 5.74) is 10.3. The third-order valence-electron chi connectivity index (χ3n) is 2.17. The van der Waals surface area contributed by atoms with Crippen LogP contribution in [0.5, 0.6) is 0 Å². The summed E-state index contributed by atoms with van der Waals surface area (Å²) in [5.74, 6) is -1.57. The molecule has 0 aromatic rings. The fourth-order valence-corrected chi connectivity index (χ4v) is 1.24. The average Bonchev–Trinajstić information content (AvgIpc) is 2.34. The molecule has 0 amide bonds. The van der Waals surface area contributed by atoms with Crippen LogP contribution in [0.25, 0.3) is 0 Å². The molecule has 0 radical (unpaired) electrons. The van der Waals surface area contributed by atoms with Gasteiger partial charge < -0.3 is 27.0 Å². The molecule has 0 atom stereocenters. The standard InChI is InChI=1S/C8H14O4.C4H13N3/c9-7(10)5-3-1-2-4-6-8(11)12;5-1-3-7-4-2-6/h1-6H2,(H,9,10)(H,11,12);7H,1-6H2. The lowest BCUT2D eigenvalue weighted by Gasteiger charge is -1.96. The maximum absolute atomic E-state index is 10.0. The predicted molar refractivity (Wildman–Crippen MR) is 74.0 cm³/mol. The number of hydrogen-bond acceptors (Lipinski definition) is 5. The van der Waals surface area contributed by atoms with Crippen LogP contribution in [0.15, 0.2) is 0 Å². The van der Waals surface area contributed by atoms with Crippen molar-refractivity contribution in [3.63, 3.8) is 0 Å². The highest BCUT2D eigenvalue weighted by Gasteiger charge is 1.98. The van der Waals surface area contributed by atoms with E-state index in [1.807, 2.05) is 0 Å². The topological polar surface area (TPSA) is 139 Å². The highest BCUT2D eigenvalue weighted by Crippen LogP contribution is 2.04. The van der Waals surface area contributed by atoms with Crippen LogP contribution in [0.4, 0.5) is 0 Å². The van der Waals surface area contributed by atoms with Gasteiger partial charge in [0.2, 0.25) is 0 Å². The monoisotopic (exact) mass is 277 g/mol. The number of unbranched alkanes of at least 4 members (excludes halogenated alkanes) is 3. The van der Waals surface area contributed by atoms with E-state index in [0.29, 0.717) is 25.9 Å². The highest BCUT2D eigenvalue weighted by molar-refractivity contribution is 5.66. The molecule has 0 fully saturated rings. The summed E-state index contributed by atoms with van der Waals surface area (Å²) < 4.78 is 0. The summed E-state index contributed by atoms with van der Waals surface area (Å²) in [7, 11) is 0. The summed E-state index contributed by atoms with van der Waals surface area (Å²) in [6.07, 6.45) is 3.28. The fraction of sp³-hybridized carbons (Fsp3) is 0.833. The van der Waals surface area contributed by atoms with Crippen LogP contribution in [0, 0.1) is 0 Å². The maximum atomic E-state index is 10.0. The molecule has 0 bridgehead atoms. The van der Waals surface area contributed by atoms with Gasteiger partial charge in [0.1, 0.15) is 0 Å². The van der Waals surface area contributed by atoms with E-state index in [1.165, 1.54) is 0 Å². The molecule has 0 aromatic carbocycles. The lowest BCUT2D eigenvalue weighted by Crippen LogP contribution is -2.27. The van der Waals surface area contributed by atoms with Gasteiger partial charge in [-0.05, 0) is 12.8 Å². The van der Waals surface area contributed by atoms with E-state index < -0.39 is 11.9 Å². The van der Waals surface area contributed by atoms with Crippen molar-refractivity contribution in [2.45, 2.75) is 38.5 Å². The fourth-order valence-electron chi connectivity index (χ4n) is 1.24. The lowest BCUT2D eigenvalue weighted by atomic mass is 10.1. The van der Waals surface area contributed by atoms with Crippen molar-refractivity contribution < 1.29 is 19.8 Å². The molecule has 19 heavy (non-hydrogen) atoms. The van der Waals surface area contributed by atoms with Gasteiger partial charge in [-0.25, -0.2) is 0 Å². The normalized spacial score (nSPS) is 9.58. The van der Waals surface area contributed by atoms with Crippen molar-refractivity contribution in [3.05, 3.63) is 0 Å².